The Bertz CT molecular complexity index is 1310. The molecule has 0 spiro atoms. The molecular weight excluding hydrogens is 651 g/mol. The Hall–Kier alpha value is -3.99. The van der Waals surface area contributed by atoms with Crippen molar-refractivity contribution in [1.29, 1.82) is 0 Å². The van der Waals surface area contributed by atoms with Crippen LogP contribution in [-0.2, 0) is 20.8 Å². The van der Waals surface area contributed by atoms with Crippen molar-refractivity contribution >= 4 is 51.9 Å². The standard InChI is InChI=1S/C26H31IN6O8/c27-18-13-15(33(39)40)12-17-22(18)41-10-8-19(23(29)35)30-26(38)21(11-14-4-6-16(34)7-5-14)32-25(37)20(31-24(17)36)3-1-2-9-28/h4-7,12-13,19-21,34H,1-3,8-11,28H2,(H2,29,35)(H,30,38)(H,31,36)(H,32,37). The monoisotopic (exact) mass is 682 g/mol. The van der Waals surface area contributed by atoms with Gasteiger partial charge in [0.05, 0.1) is 20.7 Å². The molecule has 8 N–H and O–H groups in total. The Morgan fingerprint density at radius 2 is 1.76 bits per heavy atom. The quantitative estimate of drug-likeness (QED) is 0.0991. The maximum absolute atomic E-state index is 13.5. The summed E-state index contributed by atoms with van der Waals surface area (Å²) >= 11 is 1.79. The molecule has 0 saturated heterocycles. The fourth-order valence-electron chi connectivity index (χ4n) is 4.18. The third kappa shape index (κ3) is 8.75. The van der Waals surface area contributed by atoms with Crippen LogP contribution in [0.4, 0.5) is 5.69 Å². The van der Waals surface area contributed by atoms with Crippen LogP contribution in [0.2, 0.25) is 0 Å². The highest BCUT2D eigenvalue weighted by atomic mass is 127. The van der Waals surface area contributed by atoms with Crippen molar-refractivity contribution in [2.75, 3.05) is 13.2 Å². The topological polar surface area (TPSA) is 229 Å². The number of nitrogens with two attached hydrogens (primary N) is 2. The molecule has 0 fully saturated rings. The van der Waals surface area contributed by atoms with Crippen molar-refractivity contribution in [2.24, 2.45) is 11.5 Å². The molecule has 4 amide bonds. The molecular formula is C26H31IN6O8. The van der Waals surface area contributed by atoms with Crippen LogP contribution in [0.25, 0.3) is 0 Å². The number of nitrogens with one attached hydrogen (secondary N) is 3. The highest BCUT2D eigenvalue weighted by Crippen LogP contribution is 2.31. The van der Waals surface area contributed by atoms with E-state index in [0.717, 1.165) is 6.07 Å². The number of carbonyl (C=O) groups excluding carboxylic acids is 4. The number of unbranched alkanes of at least 4 members (excludes halogenated alkanes) is 1. The minimum atomic E-state index is -1.18. The number of amides is 4. The number of benzene rings is 2. The first-order valence-electron chi connectivity index (χ1n) is 12.8. The fourth-order valence-corrected chi connectivity index (χ4v) is 4.95. The molecule has 0 saturated carbocycles. The second kappa shape index (κ2) is 14.6. The van der Waals surface area contributed by atoms with Crippen molar-refractivity contribution in [1.82, 2.24) is 16.0 Å². The number of ether oxygens (including phenoxy) is 1. The lowest BCUT2D eigenvalue weighted by Crippen LogP contribution is -2.57. The van der Waals surface area contributed by atoms with Gasteiger partial charge >= 0.3 is 0 Å². The number of nitro groups is 1. The van der Waals surface area contributed by atoms with E-state index in [2.05, 4.69) is 16.0 Å². The molecule has 1 aliphatic rings. The number of phenolic OH excluding ortho intramolecular Hbond substituents is 1. The number of hydrogen-bond acceptors (Lipinski definition) is 9. The Balaban J connectivity index is 2.03. The molecule has 220 valence electrons. The third-order valence-corrected chi connectivity index (χ3v) is 7.18. The van der Waals surface area contributed by atoms with Gasteiger partial charge in [-0.2, -0.15) is 0 Å². The zero-order chi connectivity index (χ0) is 30.1. The maximum atomic E-state index is 13.5. The fraction of sp³-hybridized carbons (Fsp3) is 0.385. The summed E-state index contributed by atoms with van der Waals surface area (Å²) in [4.78, 5) is 63.2. The lowest BCUT2D eigenvalue weighted by molar-refractivity contribution is -0.385. The van der Waals surface area contributed by atoms with E-state index < -0.39 is 46.7 Å². The molecule has 3 unspecified atom stereocenters. The van der Waals surface area contributed by atoms with Crippen molar-refractivity contribution in [3.05, 3.63) is 61.2 Å². The minimum Gasteiger partial charge on any atom is -0.508 e. The van der Waals surface area contributed by atoms with Crippen LogP contribution >= 0.6 is 22.6 Å². The SMILES string of the molecule is NCCCCC1NC(=O)c2cc([N+](=O)[O-])cc(I)c2OCCC(C(N)=O)NC(=O)C(Cc2ccc(O)cc2)NC1=O. The van der Waals surface area contributed by atoms with Crippen LogP contribution in [-0.4, -0.2) is 64.9 Å². The van der Waals surface area contributed by atoms with E-state index in [0.29, 0.717) is 24.9 Å². The molecule has 3 atom stereocenters. The molecule has 1 heterocycles. The van der Waals surface area contributed by atoms with Crippen molar-refractivity contribution in [2.45, 2.75) is 50.2 Å². The molecule has 0 aliphatic carbocycles. The van der Waals surface area contributed by atoms with Gasteiger partial charge in [-0.05, 0) is 66.1 Å². The van der Waals surface area contributed by atoms with E-state index in [1.807, 2.05) is 0 Å². The largest absolute Gasteiger partial charge is 0.508 e. The number of non-ortho nitro benzene ring substituents is 1. The number of rotatable bonds is 8. The first-order valence-corrected chi connectivity index (χ1v) is 13.9. The normalized spacial score (nSPS) is 20.0. The number of phenols is 1. The highest BCUT2D eigenvalue weighted by molar-refractivity contribution is 14.1. The number of nitro benzene ring substituents is 1. The molecule has 2 aromatic rings. The van der Waals surface area contributed by atoms with Gasteiger partial charge in [-0.3, -0.25) is 29.3 Å². The minimum absolute atomic E-state index is 0.00345. The van der Waals surface area contributed by atoms with E-state index in [9.17, 15) is 34.4 Å². The summed E-state index contributed by atoms with van der Waals surface area (Å²) in [5.41, 5.74) is 11.2. The molecule has 2 aromatic carbocycles. The predicted molar refractivity (Wildman–Crippen MR) is 155 cm³/mol. The molecule has 15 heteroatoms. The van der Waals surface area contributed by atoms with E-state index in [4.69, 9.17) is 16.2 Å². The number of primary amides is 1. The number of fused-ring (bicyclic) bond motifs is 1. The van der Waals surface area contributed by atoms with Crippen LogP contribution in [0.1, 0.15) is 41.6 Å². The van der Waals surface area contributed by atoms with E-state index >= 15 is 0 Å². The van der Waals surface area contributed by atoms with E-state index in [-0.39, 0.29) is 52.2 Å². The third-order valence-electron chi connectivity index (χ3n) is 6.37. The Morgan fingerprint density at radius 3 is 2.39 bits per heavy atom. The number of carbonyl (C=O) groups is 4. The molecule has 3 rings (SSSR count). The molecule has 14 nitrogen and oxygen atoms in total. The van der Waals surface area contributed by atoms with Gasteiger partial charge in [-0.15, -0.1) is 0 Å². The summed E-state index contributed by atoms with van der Waals surface area (Å²) in [7, 11) is 0. The molecule has 41 heavy (non-hydrogen) atoms. The Morgan fingerprint density at radius 1 is 1.07 bits per heavy atom. The first-order chi connectivity index (χ1) is 19.5. The van der Waals surface area contributed by atoms with Crippen molar-refractivity contribution < 1.29 is 33.9 Å². The van der Waals surface area contributed by atoms with E-state index in [1.54, 1.807) is 34.7 Å². The highest BCUT2D eigenvalue weighted by Gasteiger charge is 2.31. The van der Waals surface area contributed by atoms with Crippen molar-refractivity contribution in [3.63, 3.8) is 0 Å². The van der Waals surface area contributed by atoms with Crippen LogP contribution in [0.15, 0.2) is 36.4 Å². The maximum Gasteiger partial charge on any atom is 0.271 e. The summed E-state index contributed by atoms with van der Waals surface area (Å²) in [5, 5.41) is 28.9. The average Bonchev–Trinajstić information content (AvgIpc) is 2.92. The number of halogens is 1. The Labute approximate surface area is 248 Å². The lowest BCUT2D eigenvalue weighted by Gasteiger charge is -2.26. The lowest BCUT2D eigenvalue weighted by atomic mass is 10.0. The summed E-state index contributed by atoms with van der Waals surface area (Å²) < 4.78 is 6.04. The molecule has 0 aromatic heterocycles. The number of nitrogens with zero attached hydrogens (tertiary/aromatic N) is 1. The molecule has 0 radical (unpaired) electrons. The summed E-state index contributed by atoms with van der Waals surface area (Å²) in [5.74, 6) is -2.99. The smallest absolute Gasteiger partial charge is 0.271 e. The van der Waals surface area contributed by atoms with Gasteiger partial charge in [-0.1, -0.05) is 12.1 Å². The van der Waals surface area contributed by atoms with Gasteiger partial charge in [-0.25, -0.2) is 0 Å². The Kier molecular flexibility index (Phi) is 11.2. The number of aromatic hydroxyl groups is 1. The van der Waals surface area contributed by atoms with E-state index in [1.165, 1.54) is 18.2 Å². The van der Waals surface area contributed by atoms with Gasteiger partial charge < -0.3 is 37.3 Å². The van der Waals surface area contributed by atoms with Crippen LogP contribution in [0, 0.1) is 13.7 Å². The molecule has 0 bridgehead atoms. The van der Waals surface area contributed by atoms with Gasteiger partial charge in [0.15, 0.2) is 0 Å². The zero-order valence-electron chi connectivity index (χ0n) is 21.9. The van der Waals surface area contributed by atoms with Crippen LogP contribution < -0.4 is 32.2 Å². The average molecular weight is 682 g/mol. The van der Waals surface area contributed by atoms with Crippen LogP contribution in [0.5, 0.6) is 11.5 Å². The zero-order valence-corrected chi connectivity index (χ0v) is 24.1. The predicted octanol–water partition coefficient (Wildman–Crippen LogP) is 0.613. The van der Waals surface area contributed by atoms with Gasteiger partial charge in [0.2, 0.25) is 17.7 Å². The van der Waals surface area contributed by atoms with Gasteiger partial charge in [0.25, 0.3) is 11.6 Å². The second-order valence-electron chi connectivity index (χ2n) is 9.40. The van der Waals surface area contributed by atoms with Gasteiger partial charge in [0, 0.05) is 25.0 Å². The molecule has 1 aliphatic heterocycles. The first kappa shape index (κ1) is 31.5. The summed E-state index contributed by atoms with van der Waals surface area (Å²) in [6.45, 7) is 0.181. The van der Waals surface area contributed by atoms with Gasteiger partial charge in [0.1, 0.15) is 29.6 Å². The van der Waals surface area contributed by atoms with Crippen LogP contribution in [0.3, 0.4) is 0 Å². The summed E-state index contributed by atoms with van der Waals surface area (Å²) in [6, 6.07) is 4.78. The van der Waals surface area contributed by atoms with Crippen molar-refractivity contribution in [3.8, 4) is 11.5 Å². The summed E-state index contributed by atoms with van der Waals surface area (Å²) in [6.07, 6.45) is 1.09. The number of hydrogen-bond donors (Lipinski definition) is 6. The second-order valence-corrected chi connectivity index (χ2v) is 10.6.